The predicted molar refractivity (Wildman–Crippen MR) is 160 cm³/mol. The molecule has 5 rings (SSSR count). The first-order valence-electron chi connectivity index (χ1n) is 12.9. The molecule has 1 amide bonds. The van der Waals surface area contributed by atoms with Crippen LogP contribution in [-0.2, 0) is 6.54 Å². The largest absolute Gasteiger partial charge is 0.316 e. The lowest BCUT2D eigenvalue weighted by Gasteiger charge is -2.26. The highest BCUT2D eigenvalue weighted by Crippen LogP contribution is 2.36. The Kier molecular flexibility index (Phi) is 8.71. The summed E-state index contributed by atoms with van der Waals surface area (Å²) in [6.07, 6.45) is 3.30. The maximum absolute atomic E-state index is 13.5. The van der Waals surface area contributed by atoms with Gasteiger partial charge < -0.3 is 5.32 Å². The Bertz CT molecular complexity index is 1540. The van der Waals surface area contributed by atoms with E-state index < -0.39 is 0 Å². The number of rotatable bonds is 6. The molecule has 0 saturated carbocycles. The summed E-state index contributed by atoms with van der Waals surface area (Å²) in [5.74, 6) is 6.29. The van der Waals surface area contributed by atoms with E-state index in [2.05, 4.69) is 41.6 Å². The number of nitrogens with zero attached hydrogens (tertiary/aromatic N) is 3. The summed E-state index contributed by atoms with van der Waals surface area (Å²) in [4.78, 5) is 15.4. The van der Waals surface area contributed by atoms with Gasteiger partial charge in [0.15, 0.2) is 5.69 Å². The van der Waals surface area contributed by atoms with Crippen molar-refractivity contribution in [3.05, 3.63) is 91.9 Å². The fourth-order valence-electron chi connectivity index (χ4n) is 4.56. The number of hydrogen-bond acceptors (Lipinski definition) is 5. The maximum Gasteiger partial charge on any atom is 0.286 e. The minimum absolute atomic E-state index is 0.233. The number of amides is 1. The first-order valence-corrected chi connectivity index (χ1v) is 14.5. The van der Waals surface area contributed by atoms with Gasteiger partial charge in [-0.1, -0.05) is 59.2 Å². The van der Waals surface area contributed by atoms with Crippen LogP contribution in [0, 0.1) is 18.8 Å². The number of piperidine rings is 1. The van der Waals surface area contributed by atoms with Gasteiger partial charge in [0.1, 0.15) is 0 Å². The van der Waals surface area contributed by atoms with Gasteiger partial charge in [0.25, 0.3) is 5.91 Å². The molecule has 6 nitrogen and oxygen atoms in total. The van der Waals surface area contributed by atoms with Crippen LogP contribution in [0.4, 0.5) is 0 Å². The second-order valence-electron chi connectivity index (χ2n) is 9.48. The summed E-state index contributed by atoms with van der Waals surface area (Å²) in [5.41, 5.74) is 7.81. The van der Waals surface area contributed by atoms with Gasteiger partial charge in [-0.05, 0) is 69.3 Å². The highest BCUT2D eigenvalue weighted by Gasteiger charge is 2.27. The predicted octanol–water partition coefficient (Wildman–Crippen LogP) is 6.47. The van der Waals surface area contributed by atoms with E-state index in [1.807, 2.05) is 42.4 Å². The molecule has 1 aliphatic rings. The number of hydrogen-bond donors (Lipinski definition) is 2. The second kappa shape index (κ2) is 12.4. The van der Waals surface area contributed by atoms with Crippen LogP contribution >= 0.6 is 34.5 Å². The topological polar surface area (TPSA) is 62.2 Å². The fourth-order valence-corrected chi connectivity index (χ4v) is 5.97. The third-order valence-electron chi connectivity index (χ3n) is 6.53. The van der Waals surface area contributed by atoms with Gasteiger partial charge in [-0.15, -0.1) is 11.3 Å². The average Bonchev–Trinajstić information content (AvgIpc) is 3.54. The molecule has 1 fully saturated rings. The van der Waals surface area contributed by atoms with Crippen molar-refractivity contribution in [2.45, 2.75) is 32.7 Å². The monoisotopic (exact) mass is 577 g/mol. The van der Waals surface area contributed by atoms with E-state index in [0.717, 1.165) is 52.5 Å². The highest BCUT2D eigenvalue weighted by atomic mass is 35.5. The molecule has 0 bridgehead atoms. The first kappa shape index (κ1) is 27.4. The molecule has 0 spiro atoms. The molecule has 2 aromatic heterocycles. The number of benzene rings is 2. The van der Waals surface area contributed by atoms with Crippen molar-refractivity contribution < 1.29 is 4.79 Å². The van der Waals surface area contributed by atoms with Gasteiger partial charge in [0.2, 0.25) is 0 Å². The first-order chi connectivity index (χ1) is 18.9. The Labute approximate surface area is 242 Å². The third kappa shape index (κ3) is 6.38. The summed E-state index contributed by atoms with van der Waals surface area (Å²) in [5, 5.41) is 11.0. The average molecular weight is 579 g/mol. The van der Waals surface area contributed by atoms with Crippen LogP contribution in [-0.4, -0.2) is 40.8 Å². The van der Waals surface area contributed by atoms with Crippen LogP contribution in [0.1, 0.15) is 51.3 Å². The number of hydrazine groups is 1. The number of carbonyl (C=O) groups is 1. The molecule has 200 valence electrons. The Morgan fingerprint density at radius 1 is 1.03 bits per heavy atom. The van der Waals surface area contributed by atoms with Crippen LogP contribution in [0.5, 0.6) is 0 Å². The Morgan fingerprint density at radius 3 is 2.51 bits per heavy atom. The van der Waals surface area contributed by atoms with Crippen molar-refractivity contribution in [2.24, 2.45) is 0 Å². The van der Waals surface area contributed by atoms with E-state index in [9.17, 15) is 4.79 Å². The molecule has 3 heterocycles. The Hall–Kier alpha value is -3.12. The van der Waals surface area contributed by atoms with E-state index in [-0.39, 0.29) is 5.91 Å². The number of carbonyl (C=O) groups excluding carboxylic acids is 1. The Morgan fingerprint density at radius 2 is 1.79 bits per heavy atom. The van der Waals surface area contributed by atoms with Gasteiger partial charge >= 0.3 is 0 Å². The molecular formula is C30H29Cl2N5OS. The number of thiophene rings is 1. The van der Waals surface area contributed by atoms with Crippen molar-refractivity contribution in [3.63, 3.8) is 0 Å². The zero-order valence-electron chi connectivity index (χ0n) is 21.9. The standard InChI is InChI=1S/C30H29Cl2N5OS/c1-20-6-8-21(9-7-20)10-12-23-13-15-27(39-23)29-24(19-33-2)28(30(38)35-36-16-4-3-5-17-36)34-37(29)26-14-11-22(31)18-25(26)32/h6-9,11,13-15,18,33H,3-5,16-17,19H2,1-2H3,(H,35,38). The molecule has 2 N–H and O–H groups in total. The minimum Gasteiger partial charge on any atom is -0.316 e. The lowest BCUT2D eigenvalue weighted by atomic mass is 10.1. The van der Waals surface area contributed by atoms with Gasteiger partial charge in [-0.25, -0.2) is 9.69 Å². The number of aryl methyl sites for hydroxylation is 1. The third-order valence-corrected chi connectivity index (χ3v) is 8.07. The van der Waals surface area contributed by atoms with Crippen LogP contribution in [0.15, 0.2) is 54.6 Å². The maximum atomic E-state index is 13.5. The molecule has 0 radical (unpaired) electrons. The molecule has 9 heteroatoms. The second-order valence-corrected chi connectivity index (χ2v) is 11.4. The number of nitrogens with one attached hydrogen (secondary N) is 2. The molecule has 4 aromatic rings. The molecule has 0 atom stereocenters. The highest BCUT2D eigenvalue weighted by molar-refractivity contribution is 7.16. The molecule has 0 unspecified atom stereocenters. The van der Waals surface area contributed by atoms with Gasteiger partial charge in [0, 0.05) is 35.8 Å². The smallest absolute Gasteiger partial charge is 0.286 e. The van der Waals surface area contributed by atoms with Crippen molar-refractivity contribution >= 4 is 40.4 Å². The molecule has 1 aliphatic heterocycles. The molecular weight excluding hydrogens is 549 g/mol. The Balaban J connectivity index is 1.59. The molecule has 2 aromatic carbocycles. The summed E-state index contributed by atoms with van der Waals surface area (Å²) in [7, 11) is 1.86. The SMILES string of the molecule is CNCc1c(C(=O)NN2CCCCC2)nn(-c2ccc(Cl)cc2Cl)c1-c1ccc(C#Cc2ccc(C)cc2)s1. The van der Waals surface area contributed by atoms with E-state index in [0.29, 0.717) is 28.0 Å². The fraction of sp³-hybridized carbons (Fsp3) is 0.267. The normalized spacial score (nSPS) is 13.6. The van der Waals surface area contributed by atoms with Crippen LogP contribution in [0.3, 0.4) is 0 Å². The summed E-state index contributed by atoms with van der Waals surface area (Å²) >= 11 is 14.4. The molecule has 1 saturated heterocycles. The quantitative estimate of drug-likeness (QED) is 0.258. The zero-order valence-corrected chi connectivity index (χ0v) is 24.2. The summed E-state index contributed by atoms with van der Waals surface area (Å²) < 4.78 is 1.75. The van der Waals surface area contributed by atoms with Gasteiger partial charge in [0.05, 0.1) is 26.2 Å². The van der Waals surface area contributed by atoms with Crippen molar-refractivity contribution in [1.29, 1.82) is 0 Å². The lowest BCUT2D eigenvalue weighted by molar-refractivity contribution is 0.0743. The van der Waals surface area contributed by atoms with Crippen LogP contribution in [0.2, 0.25) is 10.0 Å². The summed E-state index contributed by atoms with van der Waals surface area (Å²) in [6.45, 7) is 4.17. The van der Waals surface area contributed by atoms with Gasteiger partial charge in [-0.3, -0.25) is 10.2 Å². The van der Waals surface area contributed by atoms with Gasteiger partial charge in [-0.2, -0.15) is 5.10 Å². The van der Waals surface area contributed by atoms with E-state index in [1.165, 1.54) is 12.0 Å². The van der Waals surface area contributed by atoms with Crippen molar-refractivity contribution in [3.8, 4) is 28.1 Å². The van der Waals surface area contributed by atoms with Crippen molar-refractivity contribution in [2.75, 3.05) is 20.1 Å². The van der Waals surface area contributed by atoms with Crippen LogP contribution < -0.4 is 10.7 Å². The summed E-state index contributed by atoms with van der Waals surface area (Å²) in [6, 6.07) is 17.4. The number of halogens is 2. The zero-order chi connectivity index (χ0) is 27.4. The van der Waals surface area contributed by atoms with Crippen molar-refractivity contribution in [1.82, 2.24) is 25.5 Å². The minimum atomic E-state index is -0.233. The lowest BCUT2D eigenvalue weighted by Crippen LogP contribution is -2.45. The van der Waals surface area contributed by atoms with Crippen LogP contribution in [0.25, 0.3) is 16.3 Å². The van der Waals surface area contributed by atoms with E-state index in [4.69, 9.17) is 28.3 Å². The molecule has 39 heavy (non-hydrogen) atoms. The van der Waals surface area contributed by atoms with E-state index >= 15 is 0 Å². The molecule has 0 aliphatic carbocycles. The van der Waals surface area contributed by atoms with E-state index in [1.54, 1.807) is 28.2 Å². The number of aromatic nitrogens is 2.